The van der Waals surface area contributed by atoms with Gasteiger partial charge in [-0.2, -0.15) is 0 Å². The van der Waals surface area contributed by atoms with Gasteiger partial charge in [-0.15, -0.1) is 6.58 Å². The van der Waals surface area contributed by atoms with Gasteiger partial charge in [0, 0.05) is 33.1 Å². The predicted molar refractivity (Wildman–Crippen MR) is 165 cm³/mol. The largest absolute Gasteiger partial charge is 2.00 e. The maximum Gasteiger partial charge on any atom is 2.00 e. The SMILES string of the molecule is C=CC1(O)CCCC(C)C1OC(C)=O.C=CC1=CCCC(C)C1OC(C)=O.CC(=O)OC1C(=O)CCCC1C.[Br-].[CH-]=C.[Mg+2]. The molecular weight excluding hydrogens is 629 g/mol. The second kappa shape index (κ2) is 23.6. The van der Waals surface area contributed by atoms with Crippen molar-refractivity contribution in [2.45, 2.75) is 117 Å². The van der Waals surface area contributed by atoms with Crippen molar-refractivity contribution in [2.24, 2.45) is 17.8 Å². The Morgan fingerprint density at radius 1 is 0.884 bits per heavy atom. The number of esters is 3. The number of hydrogen-bond donors (Lipinski definition) is 1. The fraction of sp³-hybridized carbons (Fsp3) is 0.636. The average molecular weight is 680 g/mol. The summed E-state index contributed by atoms with van der Waals surface area (Å²) < 4.78 is 15.3. The number of carbonyl (C=O) groups excluding carboxylic acids is 4. The first-order chi connectivity index (χ1) is 19.2. The summed E-state index contributed by atoms with van der Waals surface area (Å²) in [5, 5.41) is 10.2. The Hall–Kier alpha value is -1.75. The molecule has 0 aliphatic heterocycles. The third-order valence-electron chi connectivity index (χ3n) is 7.48. The third kappa shape index (κ3) is 16.2. The van der Waals surface area contributed by atoms with Gasteiger partial charge in [0.1, 0.15) is 17.8 Å². The molecular formula is C33H51BrMgO8. The van der Waals surface area contributed by atoms with Gasteiger partial charge in [-0.25, -0.2) is 0 Å². The van der Waals surface area contributed by atoms with Crippen LogP contribution in [-0.2, 0) is 33.4 Å². The minimum absolute atomic E-state index is 0. The van der Waals surface area contributed by atoms with E-state index in [2.05, 4.69) is 39.3 Å². The van der Waals surface area contributed by atoms with Crippen LogP contribution in [0, 0.1) is 24.3 Å². The van der Waals surface area contributed by atoms with E-state index in [-0.39, 0.29) is 81.7 Å². The fourth-order valence-electron chi connectivity index (χ4n) is 5.35. The van der Waals surface area contributed by atoms with Crippen LogP contribution in [0.4, 0.5) is 0 Å². The maximum absolute atomic E-state index is 11.3. The Morgan fingerprint density at radius 3 is 1.84 bits per heavy atom. The number of rotatable bonds is 5. The molecule has 3 aliphatic carbocycles. The Kier molecular flexibility index (Phi) is 25.1. The van der Waals surface area contributed by atoms with Crippen molar-refractivity contribution in [3.05, 3.63) is 50.1 Å². The Morgan fingerprint density at radius 2 is 1.37 bits per heavy atom. The van der Waals surface area contributed by atoms with Gasteiger partial charge in [0.15, 0.2) is 11.9 Å². The quantitative estimate of drug-likeness (QED) is 0.155. The van der Waals surface area contributed by atoms with Crippen molar-refractivity contribution >= 4 is 46.7 Å². The zero-order valence-electron chi connectivity index (χ0n) is 26.9. The van der Waals surface area contributed by atoms with E-state index in [0.717, 1.165) is 44.1 Å². The molecule has 0 aromatic carbocycles. The molecule has 0 amide bonds. The summed E-state index contributed by atoms with van der Waals surface area (Å²) >= 11 is 0. The number of aliphatic hydroxyl groups is 1. The summed E-state index contributed by atoms with van der Waals surface area (Å²) in [6.07, 6.45) is 11.5. The smallest absolute Gasteiger partial charge is 1.00 e. The molecule has 8 nitrogen and oxygen atoms in total. The van der Waals surface area contributed by atoms with Crippen molar-refractivity contribution in [2.75, 3.05) is 0 Å². The van der Waals surface area contributed by atoms with Crippen molar-refractivity contribution in [3.8, 4) is 0 Å². The summed E-state index contributed by atoms with van der Waals surface area (Å²) in [6.45, 7) is 24.5. The summed E-state index contributed by atoms with van der Waals surface area (Å²) in [7, 11) is 0. The van der Waals surface area contributed by atoms with Crippen molar-refractivity contribution in [1.82, 2.24) is 0 Å². The van der Waals surface area contributed by atoms with E-state index in [9.17, 15) is 24.3 Å². The molecule has 7 unspecified atom stereocenters. The third-order valence-corrected chi connectivity index (χ3v) is 7.48. The van der Waals surface area contributed by atoms with E-state index < -0.39 is 17.8 Å². The number of halogens is 1. The topological polar surface area (TPSA) is 116 Å². The summed E-state index contributed by atoms with van der Waals surface area (Å²) in [4.78, 5) is 43.6. The molecule has 2 saturated carbocycles. The van der Waals surface area contributed by atoms with Gasteiger partial charge in [0.25, 0.3) is 0 Å². The van der Waals surface area contributed by atoms with Gasteiger partial charge < -0.3 is 42.9 Å². The first kappa shape index (κ1) is 45.7. The van der Waals surface area contributed by atoms with Crippen molar-refractivity contribution in [3.63, 3.8) is 0 Å². The molecule has 0 aromatic heterocycles. The Bertz CT molecular complexity index is 936. The summed E-state index contributed by atoms with van der Waals surface area (Å²) in [5.41, 5.74) is 0.0116. The van der Waals surface area contributed by atoms with Crippen LogP contribution in [0.2, 0.25) is 0 Å². The van der Waals surface area contributed by atoms with Gasteiger partial charge in [-0.3, -0.25) is 25.8 Å². The second-order valence-corrected chi connectivity index (χ2v) is 11.0. The minimum atomic E-state index is -1.04. The van der Waals surface area contributed by atoms with E-state index in [1.807, 2.05) is 13.8 Å². The zero-order valence-corrected chi connectivity index (χ0v) is 29.9. The monoisotopic (exact) mass is 678 g/mol. The molecule has 0 heterocycles. The number of ketones is 1. The van der Waals surface area contributed by atoms with Crippen LogP contribution in [0.3, 0.4) is 0 Å². The molecule has 0 aromatic rings. The maximum atomic E-state index is 11.3. The molecule has 43 heavy (non-hydrogen) atoms. The molecule has 3 aliphatic rings. The molecule has 10 heteroatoms. The number of Topliss-reactive ketones (excluding diaryl/α,β-unsaturated/α-hetero) is 1. The summed E-state index contributed by atoms with van der Waals surface area (Å²) in [5.74, 6) is -0.0609. The number of hydrogen-bond acceptors (Lipinski definition) is 8. The zero-order chi connectivity index (χ0) is 31.8. The van der Waals surface area contributed by atoms with E-state index in [0.29, 0.717) is 18.8 Å². The number of allylic oxidation sites excluding steroid dienone is 1. The van der Waals surface area contributed by atoms with Crippen LogP contribution in [0.5, 0.6) is 0 Å². The van der Waals surface area contributed by atoms with Crippen LogP contribution in [0.1, 0.15) is 92.9 Å². The number of carbonyl (C=O) groups is 4. The molecule has 0 spiro atoms. The normalized spacial score (nSPS) is 29.1. The fourth-order valence-corrected chi connectivity index (χ4v) is 5.35. The number of ether oxygens (including phenoxy) is 3. The molecule has 0 bridgehead atoms. The first-order valence-electron chi connectivity index (χ1n) is 14.4. The second-order valence-electron chi connectivity index (χ2n) is 11.0. The van der Waals surface area contributed by atoms with E-state index in [1.165, 1.54) is 26.8 Å². The minimum Gasteiger partial charge on any atom is -1.00 e. The van der Waals surface area contributed by atoms with Crippen LogP contribution < -0.4 is 17.0 Å². The molecule has 240 valence electrons. The van der Waals surface area contributed by atoms with Crippen molar-refractivity contribution in [1.29, 1.82) is 0 Å². The molecule has 0 radical (unpaired) electrons. The van der Waals surface area contributed by atoms with Crippen LogP contribution >= 0.6 is 0 Å². The molecule has 2 fully saturated rings. The van der Waals surface area contributed by atoms with Gasteiger partial charge in [-0.1, -0.05) is 45.6 Å². The Balaban J connectivity index is -0.000000531. The van der Waals surface area contributed by atoms with E-state index in [4.69, 9.17) is 14.2 Å². The van der Waals surface area contributed by atoms with Crippen LogP contribution in [-0.4, -0.2) is 75.8 Å². The first-order valence-corrected chi connectivity index (χ1v) is 14.4. The van der Waals surface area contributed by atoms with E-state index >= 15 is 0 Å². The average Bonchev–Trinajstić information content (AvgIpc) is 2.91. The van der Waals surface area contributed by atoms with E-state index in [1.54, 1.807) is 6.08 Å². The molecule has 3 rings (SSSR count). The van der Waals surface area contributed by atoms with Gasteiger partial charge in [-0.05, 0) is 62.4 Å². The van der Waals surface area contributed by atoms with Gasteiger partial charge in [0.05, 0.1) is 0 Å². The van der Waals surface area contributed by atoms with Gasteiger partial charge >= 0.3 is 41.0 Å². The predicted octanol–water partition coefficient (Wildman–Crippen LogP) is 2.65. The van der Waals surface area contributed by atoms with Crippen LogP contribution in [0.15, 0.2) is 43.5 Å². The van der Waals surface area contributed by atoms with Crippen molar-refractivity contribution < 1.29 is 55.5 Å². The Labute approximate surface area is 285 Å². The molecule has 1 N–H and O–H groups in total. The van der Waals surface area contributed by atoms with Gasteiger partial charge in [0.2, 0.25) is 0 Å². The molecule has 7 atom stereocenters. The molecule has 0 saturated heterocycles. The van der Waals surface area contributed by atoms with Crippen LogP contribution in [0.25, 0.3) is 0 Å². The standard InChI is InChI=1S/C11H18O3.C11H16O2.C9H14O3.C2H3.BrH.Mg/c1-4-11(13)7-5-6-8(2)10(11)14-9(3)12;1-4-10-7-5-6-8(2)11(10)13-9(3)12;1-6-4-3-5-8(11)9(6)12-7(2)10;1-2;;/h4,8,10,13H,1,5-7H2,2-3H3;4,7-8,11H,1,5-6H2,2-3H3;6,9H,3-5H2,1-2H3;1H,2H2;1H;/q;;;-1;;+2/p-1. The summed E-state index contributed by atoms with van der Waals surface area (Å²) in [6, 6.07) is 0.